The Labute approximate surface area is 116 Å². The second-order valence-electron chi connectivity index (χ2n) is 4.91. The van der Waals surface area contributed by atoms with Crippen LogP contribution in [0.4, 0.5) is 0 Å². The van der Waals surface area contributed by atoms with Crippen molar-refractivity contribution in [3.63, 3.8) is 0 Å². The van der Waals surface area contributed by atoms with E-state index in [2.05, 4.69) is 23.3 Å². The number of allylic oxidation sites excluding steroid dienone is 5. The summed E-state index contributed by atoms with van der Waals surface area (Å²) in [6.07, 6.45) is 8.48. The van der Waals surface area contributed by atoms with Crippen molar-refractivity contribution in [3.05, 3.63) is 36.1 Å². The number of rotatable bonds is 2. The van der Waals surface area contributed by atoms with Crippen LogP contribution in [0.5, 0.6) is 0 Å². The fourth-order valence-electron chi connectivity index (χ4n) is 2.64. The molecule has 0 aromatic rings. The Balaban J connectivity index is 0.000000861. The Morgan fingerprint density at radius 3 is 2.47 bits per heavy atom. The van der Waals surface area contributed by atoms with E-state index in [0.29, 0.717) is 0 Å². The summed E-state index contributed by atoms with van der Waals surface area (Å²) < 4.78 is 0. The van der Waals surface area contributed by atoms with Gasteiger partial charge in [-0.25, -0.2) is 0 Å². The second kappa shape index (κ2) is 7.29. The van der Waals surface area contributed by atoms with Gasteiger partial charge >= 0.3 is 0 Å². The van der Waals surface area contributed by atoms with Crippen molar-refractivity contribution in [2.24, 2.45) is 5.41 Å². The van der Waals surface area contributed by atoms with Crippen molar-refractivity contribution in [1.29, 1.82) is 0 Å². The molecule has 106 valence electrons. The average Bonchev–Trinajstić information content (AvgIpc) is 2.45. The maximum absolute atomic E-state index is 12.2. The summed E-state index contributed by atoms with van der Waals surface area (Å²) in [5.41, 5.74) is 2.02. The number of hydrogen-bond donors (Lipinski definition) is 2. The minimum Gasteiger partial charge on any atom is -0.329 e. The van der Waals surface area contributed by atoms with Crippen LogP contribution in [0.1, 0.15) is 40.0 Å². The molecule has 0 aromatic heterocycles. The van der Waals surface area contributed by atoms with Crippen LogP contribution >= 0.6 is 0 Å². The lowest BCUT2D eigenvalue weighted by atomic mass is 9.71. The predicted octanol–water partition coefficient (Wildman–Crippen LogP) is 2.92. The summed E-state index contributed by atoms with van der Waals surface area (Å²) in [6, 6.07) is 0. The molecule has 0 saturated carbocycles. The molecule has 2 heterocycles. The van der Waals surface area contributed by atoms with Gasteiger partial charge in [0.15, 0.2) is 0 Å². The summed E-state index contributed by atoms with van der Waals surface area (Å²) in [5.74, 6) is 0.201. The van der Waals surface area contributed by atoms with E-state index in [1.807, 2.05) is 26.8 Å². The summed E-state index contributed by atoms with van der Waals surface area (Å²) in [5, 5.41) is 6.34. The average molecular weight is 262 g/mol. The molecule has 19 heavy (non-hydrogen) atoms. The fraction of sp³-hybridized carbons (Fsp3) is 0.562. The third-order valence-corrected chi connectivity index (χ3v) is 3.79. The molecule has 2 N–H and O–H groups in total. The molecule has 0 aromatic carbocycles. The summed E-state index contributed by atoms with van der Waals surface area (Å²) in [6.45, 7) is 11.5. The van der Waals surface area contributed by atoms with Crippen LogP contribution in [0, 0.1) is 5.41 Å². The van der Waals surface area contributed by atoms with E-state index in [0.717, 1.165) is 38.0 Å². The van der Waals surface area contributed by atoms with Crippen molar-refractivity contribution < 1.29 is 4.79 Å². The lowest BCUT2D eigenvalue weighted by Gasteiger charge is -2.40. The van der Waals surface area contributed by atoms with Crippen molar-refractivity contribution in [2.45, 2.75) is 40.0 Å². The molecule has 3 heteroatoms. The van der Waals surface area contributed by atoms with E-state index >= 15 is 0 Å². The van der Waals surface area contributed by atoms with E-state index in [9.17, 15) is 4.79 Å². The highest BCUT2D eigenvalue weighted by Gasteiger charge is 2.42. The first-order valence-electron chi connectivity index (χ1n) is 7.19. The van der Waals surface area contributed by atoms with Gasteiger partial charge < -0.3 is 10.6 Å². The number of nitrogens with one attached hydrogen (secondary N) is 2. The van der Waals surface area contributed by atoms with Gasteiger partial charge in [0.2, 0.25) is 5.91 Å². The molecule has 2 rings (SSSR count). The van der Waals surface area contributed by atoms with Gasteiger partial charge in [-0.15, -0.1) is 0 Å². The minimum absolute atomic E-state index is 0.189. The van der Waals surface area contributed by atoms with Crippen LogP contribution in [0.3, 0.4) is 0 Å². The Bertz CT molecular complexity index is 388. The van der Waals surface area contributed by atoms with Crippen LogP contribution in [-0.4, -0.2) is 19.0 Å². The lowest BCUT2D eigenvalue weighted by Crippen LogP contribution is -2.49. The fourth-order valence-corrected chi connectivity index (χ4v) is 2.64. The monoisotopic (exact) mass is 262 g/mol. The molecule has 0 radical (unpaired) electrons. The van der Waals surface area contributed by atoms with E-state index in [1.54, 1.807) is 6.08 Å². The predicted molar refractivity (Wildman–Crippen MR) is 80.7 cm³/mol. The van der Waals surface area contributed by atoms with Crippen LogP contribution < -0.4 is 10.6 Å². The van der Waals surface area contributed by atoms with Crippen LogP contribution in [0.15, 0.2) is 36.1 Å². The van der Waals surface area contributed by atoms with E-state index < -0.39 is 0 Å². The Kier molecular flexibility index (Phi) is 6.03. The molecule has 3 nitrogen and oxygen atoms in total. The summed E-state index contributed by atoms with van der Waals surface area (Å²) in [4.78, 5) is 12.2. The van der Waals surface area contributed by atoms with Crippen LogP contribution in [-0.2, 0) is 4.79 Å². The lowest BCUT2D eigenvalue weighted by molar-refractivity contribution is -0.132. The topological polar surface area (TPSA) is 41.1 Å². The highest BCUT2D eigenvalue weighted by atomic mass is 16.2. The summed E-state index contributed by atoms with van der Waals surface area (Å²) in [7, 11) is 0. The first-order chi connectivity index (χ1) is 9.18. The summed E-state index contributed by atoms with van der Waals surface area (Å²) >= 11 is 0. The normalized spacial score (nSPS) is 21.9. The molecule has 1 fully saturated rings. The zero-order chi connectivity index (χ0) is 14.3. The standard InChI is InChI=1S/C14H20N2O.C2H6/c1-3-4-5-12-10-14(6-8-15-9-7-14)13(17)16-11(12)2;1-2/h3-5,15H,1,6-10H2,2H3,(H,16,17);1-2H3/b5-4-;. The molecule has 0 bridgehead atoms. The SMILES string of the molecule is C=C/C=C\C1=C(C)NC(=O)C2(CCNCC2)C1.CC. The Hall–Kier alpha value is -1.35. The quantitative estimate of drug-likeness (QED) is 0.751. The number of carbonyl (C=O) groups excluding carboxylic acids is 1. The highest BCUT2D eigenvalue weighted by Crippen LogP contribution is 2.39. The molecule has 0 unspecified atom stereocenters. The van der Waals surface area contributed by atoms with E-state index in [1.165, 1.54) is 5.57 Å². The second-order valence-corrected chi connectivity index (χ2v) is 4.91. The zero-order valence-corrected chi connectivity index (χ0v) is 12.4. The molecule has 0 aliphatic carbocycles. The number of carbonyl (C=O) groups is 1. The van der Waals surface area contributed by atoms with Gasteiger partial charge in [0, 0.05) is 5.70 Å². The number of piperidine rings is 1. The Morgan fingerprint density at radius 1 is 1.26 bits per heavy atom. The maximum Gasteiger partial charge on any atom is 0.230 e. The molecule has 1 spiro atoms. The molecular weight excluding hydrogens is 236 g/mol. The van der Waals surface area contributed by atoms with Crippen molar-refractivity contribution >= 4 is 5.91 Å². The van der Waals surface area contributed by atoms with E-state index in [4.69, 9.17) is 0 Å². The van der Waals surface area contributed by atoms with Crippen molar-refractivity contribution in [3.8, 4) is 0 Å². The number of hydrogen-bond acceptors (Lipinski definition) is 2. The Morgan fingerprint density at radius 2 is 1.89 bits per heavy atom. The third-order valence-electron chi connectivity index (χ3n) is 3.79. The molecule has 1 saturated heterocycles. The van der Waals surface area contributed by atoms with Gasteiger partial charge in [-0.3, -0.25) is 4.79 Å². The van der Waals surface area contributed by atoms with Gasteiger partial charge in [-0.2, -0.15) is 0 Å². The first-order valence-corrected chi connectivity index (χ1v) is 7.19. The van der Waals surface area contributed by atoms with Crippen molar-refractivity contribution in [1.82, 2.24) is 10.6 Å². The highest BCUT2D eigenvalue weighted by molar-refractivity contribution is 5.86. The zero-order valence-electron chi connectivity index (χ0n) is 12.4. The molecular formula is C16H26N2O. The maximum atomic E-state index is 12.2. The van der Waals surface area contributed by atoms with Crippen LogP contribution in [0.25, 0.3) is 0 Å². The molecule has 1 amide bonds. The van der Waals surface area contributed by atoms with Crippen molar-refractivity contribution in [2.75, 3.05) is 13.1 Å². The smallest absolute Gasteiger partial charge is 0.230 e. The minimum atomic E-state index is -0.189. The largest absolute Gasteiger partial charge is 0.329 e. The van der Waals surface area contributed by atoms with Crippen LogP contribution in [0.2, 0.25) is 0 Å². The van der Waals surface area contributed by atoms with Gasteiger partial charge in [0.05, 0.1) is 5.41 Å². The molecule has 2 aliphatic heterocycles. The first kappa shape index (κ1) is 15.7. The number of amides is 1. The van der Waals surface area contributed by atoms with Gasteiger partial charge in [0.1, 0.15) is 0 Å². The van der Waals surface area contributed by atoms with Gasteiger partial charge in [-0.1, -0.05) is 38.7 Å². The van der Waals surface area contributed by atoms with E-state index in [-0.39, 0.29) is 11.3 Å². The van der Waals surface area contributed by atoms with Gasteiger partial charge in [-0.05, 0) is 44.8 Å². The molecule has 0 atom stereocenters. The molecule has 2 aliphatic rings. The third kappa shape index (κ3) is 3.57. The van der Waals surface area contributed by atoms with Gasteiger partial charge in [0.25, 0.3) is 0 Å².